The Balaban J connectivity index is 2.04. The second-order valence-electron chi connectivity index (χ2n) is 6.62. The van der Waals surface area contributed by atoms with Gasteiger partial charge in [-0.15, -0.1) is 0 Å². The van der Waals surface area contributed by atoms with E-state index in [2.05, 4.69) is 15.2 Å². The minimum atomic E-state index is -3.76. The molecule has 0 atom stereocenters. The molecule has 1 aliphatic carbocycles. The lowest BCUT2D eigenvalue weighted by Gasteiger charge is -2.16. The van der Waals surface area contributed by atoms with Crippen molar-refractivity contribution in [3.05, 3.63) is 23.9 Å². The predicted octanol–water partition coefficient (Wildman–Crippen LogP) is 2.84. The maximum Gasteiger partial charge on any atom is 0.244 e. The van der Waals surface area contributed by atoms with Gasteiger partial charge in [0.2, 0.25) is 21.8 Å². The zero-order valence-electron chi connectivity index (χ0n) is 15.5. The maximum atomic E-state index is 12.9. The summed E-state index contributed by atoms with van der Waals surface area (Å²) >= 11 is 0. The molecule has 9 heteroatoms. The van der Waals surface area contributed by atoms with E-state index in [0.717, 1.165) is 25.7 Å². The fraction of sp³-hybridized carbons (Fsp3) is 0.444. The minimum absolute atomic E-state index is 0.0452. The van der Waals surface area contributed by atoms with E-state index in [9.17, 15) is 13.2 Å². The Morgan fingerprint density at radius 2 is 2.00 bits per heavy atom. The van der Waals surface area contributed by atoms with Crippen LogP contribution in [0.1, 0.15) is 38.3 Å². The van der Waals surface area contributed by atoms with Crippen LogP contribution in [-0.2, 0) is 14.8 Å². The Labute approximate surface area is 158 Å². The monoisotopic (exact) mass is 393 g/mol. The van der Waals surface area contributed by atoms with Crippen molar-refractivity contribution in [1.82, 2.24) is 9.88 Å². The van der Waals surface area contributed by atoms with Crippen molar-refractivity contribution in [2.24, 2.45) is 0 Å². The van der Waals surface area contributed by atoms with Gasteiger partial charge in [-0.25, -0.2) is 13.1 Å². The van der Waals surface area contributed by atoms with Gasteiger partial charge in [0.15, 0.2) is 0 Å². The van der Waals surface area contributed by atoms with Crippen LogP contribution in [0, 0.1) is 6.92 Å². The number of carbonyl (C=O) groups is 1. The summed E-state index contributed by atoms with van der Waals surface area (Å²) in [4.78, 5) is 11.4. The highest BCUT2D eigenvalue weighted by Gasteiger charge is 2.27. The highest BCUT2D eigenvalue weighted by molar-refractivity contribution is 7.89. The van der Waals surface area contributed by atoms with Crippen LogP contribution in [0.5, 0.6) is 5.75 Å². The summed E-state index contributed by atoms with van der Waals surface area (Å²) in [6.45, 7) is 3.08. The predicted molar refractivity (Wildman–Crippen MR) is 100 cm³/mol. The number of aryl methyl sites for hydroxylation is 1. The first-order chi connectivity index (χ1) is 12.8. The fourth-order valence-corrected chi connectivity index (χ4v) is 4.82. The average Bonchev–Trinajstić information content (AvgIpc) is 3.23. The number of sulfonamides is 1. The molecular weight excluding hydrogens is 370 g/mol. The average molecular weight is 393 g/mol. The number of hydrogen-bond donors (Lipinski definition) is 2. The Kier molecular flexibility index (Phi) is 5.52. The molecule has 1 aromatic heterocycles. The summed E-state index contributed by atoms with van der Waals surface area (Å²) in [5.41, 5.74) is 1.63. The van der Waals surface area contributed by atoms with E-state index < -0.39 is 10.0 Å². The maximum absolute atomic E-state index is 12.9. The van der Waals surface area contributed by atoms with Gasteiger partial charge in [-0.1, -0.05) is 24.1 Å². The van der Waals surface area contributed by atoms with E-state index in [0.29, 0.717) is 16.8 Å². The molecule has 1 saturated carbocycles. The van der Waals surface area contributed by atoms with Crippen LogP contribution in [0.25, 0.3) is 11.1 Å². The third-order valence-corrected chi connectivity index (χ3v) is 6.11. The third kappa shape index (κ3) is 4.14. The van der Waals surface area contributed by atoms with Crippen molar-refractivity contribution < 1.29 is 22.5 Å². The Morgan fingerprint density at radius 3 is 2.63 bits per heavy atom. The van der Waals surface area contributed by atoms with Crippen LogP contribution in [0.4, 0.5) is 5.88 Å². The lowest BCUT2D eigenvalue weighted by atomic mass is 10.1. The minimum Gasteiger partial charge on any atom is -0.495 e. The smallest absolute Gasteiger partial charge is 0.244 e. The number of ether oxygens (including phenoxy) is 1. The molecule has 0 bridgehead atoms. The van der Waals surface area contributed by atoms with Gasteiger partial charge in [0.1, 0.15) is 10.6 Å². The van der Waals surface area contributed by atoms with Crippen molar-refractivity contribution in [3.63, 3.8) is 0 Å². The molecule has 2 aromatic rings. The molecule has 0 saturated heterocycles. The van der Waals surface area contributed by atoms with Gasteiger partial charge in [-0.05, 0) is 37.5 Å². The van der Waals surface area contributed by atoms with Crippen LogP contribution >= 0.6 is 0 Å². The first kappa shape index (κ1) is 19.4. The molecule has 0 aliphatic heterocycles. The summed E-state index contributed by atoms with van der Waals surface area (Å²) in [5, 5.41) is 6.45. The standard InChI is InChI=1S/C18H23N3O5S/c1-11-17(18(26-20-11)19-12(2)22)13-8-9-15(25-3)16(10-13)27(23,24)21-14-6-4-5-7-14/h8-10,14,21H,4-7H2,1-3H3,(H,19,22). The van der Waals surface area contributed by atoms with Crippen molar-refractivity contribution in [3.8, 4) is 16.9 Å². The highest BCUT2D eigenvalue weighted by atomic mass is 32.2. The summed E-state index contributed by atoms with van der Waals surface area (Å²) in [5.74, 6) is 0.119. The van der Waals surface area contributed by atoms with Gasteiger partial charge in [0, 0.05) is 13.0 Å². The van der Waals surface area contributed by atoms with Crippen LogP contribution in [0.2, 0.25) is 0 Å². The number of rotatable bonds is 6. The third-order valence-electron chi connectivity index (χ3n) is 4.57. The molecule has 0 unspecified atom stereocenters. The number of carbonyl (C=O) groups excluding carboxylic acids is 1. The zero-order valence-corrected chi connectivity index (χ0v) is 16.4. The van der Waals surface area contributed by atoms with Gasteiger partial charge in [0.05, 0.1) is 18.4 Å². The van der Waals surface area contributed by atoms with Gasteiger partial charge in [-0.3, -0.25) is 10.1 Å². The second-order valence-corrected chi connectivity index (χ2v) is 8.30. The Morgan fingerprint density at radius 1 is 1.30 bits per heavy atom. The van der Waals surface area contributed by atoms with Gasteiger partial charge in [0.25, 0.3) is 0 Å². The number of nitrogens with zero attached hydrogens (tertiary/aromatic N) is 1. The molecule has 3 rings (SSSR count). The second kappa shape index (κ2) is 7.69. The molecular formula is C18H23N3O5S. The summed E-state index contributed by atoms with van der Waals surface area (Å²) in [7, 11) is -2.33. The van der Waals surface area contributed by atoms with Crippen LogP contribution < -0.4 is 14.8 Å². The Hall–Kier alpha value is -2.39. The van der Waals surface area contributed by atoms with Gasteiger partial charge < -0.3 is 9.26 Å². The fourth-order valence-electron chi connectivity index (χ4n) is 3.32. The van der Waals surface area contributed by atoms with E-state index >= 15 is 0 Å². The first-order valence-corrected chi connectivity index (χ1v) is 10.2. The van der Waals surface area contributed by atoms with Crippen LogP contribution in [0.3, 0.4) is 0 Å². The molecule has 1 amide bonds. The summed E-state index contributed by atoms with van der Waals surface area (Å²) in [6.07, 6.45) is 3.70. The lowest BCUT2D eigenvalue weighted by Crippen LogP contribution is -2.32. The molecule has 2 N–H and O–H groups in total. The molecule has 1 aliphatic rings. The van der Waals surface area contributed by atoms with Crippen molar-refractivity contribution in [1.29, 1.82) is 0 Å². The number of nitrogens with one attached hydrogen (secondary N) is 2. The van der Waals surface area contributed by atoms with Crippen molar-refractivity contribution >= 4 is 21.8 Å². The number of methoxy groups -OCH3 is 1. The number of anilines is 1. The number of benzene rings is 1. The molecule has 27 heavy (non-hydrogen) atoms. The van der Waals surface area contributed by atoms with E-state index in [4.69, 9.17) is 9.26 Å². The normalized spacial score (nSPS) is 15.1. The molecule has 1 aromatic carbocycles. The largest absolute Gasteiger partial charge is 0.495 e. The van der Waals surface area contributed by atoms with Crippen LogP contribution in [0.15, 0.2) is 27.6 Å². The zero-order chi connectivity index (χ0) is 19.6. The van der Waals surface area contributed by atoms with Crippen molar-refractivity contribution in [2.45, 2.75) is 50.5 Å². The molecule has 1 fully saturated rings. The number of aromatic nitrogens is 1. The molecule has 146 valence electrons. The molecule has 1 heterocycles. The topological polar surface area (TPSA) is 111 Å². The number of hydrogen-bond acceptors (Lipinski definition) is 6. The number of amides is 1. The molecule has 0 radical (unpaired) electrons. The summed E-state index contributed by atoms with van der Waals surface area (Å²) in [6, 6.07) is 4.75. The molecule has 0 spiro atoms. The Bertz CT molecular complexity index is 946. The van der Waals surface area contributed by atoms with E-state index in [1.807, 2.05) is 0 Å². The SMILES string of the molecule is COc1ccc(-c2c(C)noc2NC(C)=O)cc1S(=O)(=O)NC1CCCC1. The lowest BCUT2D eigenvalue weighted by molar-refractivity contribution is -0.114. The van der Waals surface area contributed by atoms with Crippen molar-refractivity contribution in [2.75, 3.05) is 12.4 Å². The van der Waals surface area contributed by atoms with Crippen LogP contribution in [-0.4, -0.2) is 32.6 Å². The van der Waals surface area contributed by atoms with Gasteiger partial charge in [-0.2, -0.15) is 0 Å². The highest BCUT2D eigenvalue weighted by Crippen LogP contribution is 2.36. The first-order valence-electron chi connectivity index (χ1n) is 8.76. The quantitative estimate of drug-likeness (QED) is 0.781. The van der Waals surface area contributed by atoms with Gasteiger partial charge >= 0.3 is 0 Å². The molecule has 8 nitrogen and oxygen atoms in total. The van der Waals surface area contributed by atoms with E-state index in [1.165, 1.54) is 20.1 Å². The summed E-state index contributed by atoms with van der Waals surface area (Å²) < 4.78 is 39.1. The van der Waals surface area contributed by atoms with E-state index in [-0.39, 0.29) is 28.5 Å². The van der Waals surface area contributed by atoms with E-state index in [1.54, 1.807) is 19.1 Å².